The first kappa shape index (κ1) is 18.2. The number of hydrogen-bond donors (Lipinski definition) is 0. The molecule has 0 amide bonds. The first-order chi connectivity index (χ1) is 13.5. The van der Waals surface area contributed by atoms with Crippen molar-refractivity contribution in [3.05, 3.63) is 41.6 Å². The number of ketones is 1. The lowest BCUT2D eigenvalue weighted by atomic mass is 9.89. The molecule has 1 fully saturated rings. The average Bonchev–Trinajstić information content (AvgIpc) is 3.11. The fraction of sp³-hybridized carbons (Fsp3) is 0.400. The lowest BCUT2D eigenvalue weighted by Gasteiger charge is -2.34. The van der Waals surface area contributed by atoms with Crippen molar-refractivity contribution in [3.8, 4) is 11.5 Å². The topological polar surface area (TPSA) is 90.9 Å². The summed E-state index contributed by atoms with van der Waals surface area (Å²) < 4.78 is 16.4. The zero-order chi connectivity index (χ0) is 19.7. The van der Waals surface area contributed by atoms with Crippen LogP contribution in [0.2, 0.25) is 0 Å². The van der Waals surface area contributed by atoms with Crippen LogP contribution >= 0.6 is 0 Å². The molecule has 8 nitrogen and oxygen atoms in total. The summed E-state index contributed by atoms with van der Waals surface area (Å²) in [6, 6.07) is 8.62. The third kappa shape index (κ3) is 3.26. The smallest absolute Gasteiger partial charge is 0.358 e. The quantitative estimate of drug-likeness (QED) is 0.743. The summed E-state index contributed by atoms with van der Waals surface area (Å²) in [5, 5.41) is 8.10. The van der Waals surface area contributed by atoms with Crippen molar-refractivity contribution < 1.29 is 23.8 Å². The Morgan fingerprint density at radius 1 is 1.29 bits per heavy atom. The summed E-state index contributed by atoms with van der Waals surface area (Å²) in [6.45, 7) is 3.24. The second-order valence-corrected chi connectivity index (χ2v) is 6.92. The highest BCUT2D eigenvalue weighted by Gasteiger charge is 2.46. The van der Waals surface area contributed by atoms with Crippen LogP contribution in [-0.2, 0) is 4.74 Å². The molecule has 1 saturated heterocycles. The highest BCUT2D eigenvalue weighted by atomic mass is 16.5. The van der Waals surface area contributed by atoms with Crippen LogP contribution in [0.4, 0.5) is 5.82 Å². The Kier molecular flexibility index (Phi) is 4.62. The first-order valence-corrected chi connectivity index (χ1v) is 9.19. The number of hydrogen-bond acceptors (Lipinski definition) is 8. The van der Waals surface area contributed by atoms with Crippen LogP contribution in [0.5, 0.6) is 11.5 Å². The van der Waals surface area contributed by atoms with Crippen LogP contribution in [0, 0.1) is 0 Å². The molecule has 1 unspecified atom stereocenters. The molecule has 8 heteroatoms. The van der Waals surface area contributed by atoms with Gasteiger partial charge in [0.05, 0.1) is 32.2 Å². The molecule has 1 atom stereocenters. The van der Waals surface area contributed by atoms with E-state index in [0.29, 0.717) is 48.8 Å². The molecule has 2 aliphatic rings. The number of Topliss-reactive ketones (excluding diaryl/α,β-unsaturated/α-hetero) is 1. The Bertz CT molecular complexity index is 915. The van der Waals surface area contributed by atoms with E-state index in [0.717, 1.165) is 0 Å². The Morgan fingerprint density at radius 2 is 2.14 bits per heavy atom. The zero-order valence-corrected chi connectivity index (χ0v) is 15.8. The van der Waals surface area contributed by atoms with Gasteiger partial charge in [0.2, 0.25) is 0 Å². The molecule has 1 spiro atoms. The van der Waals surface area contributed by atoms with E-state index in [-0.39, 0.29) is 18.1 Å². The predicted octanol–water partition coefficient (Wildman–Crippen LogP) is 2.28. The SMILES string of the molecule is CCOC(=O)c1ccc(N2CCC3(CC(=O)c4cc(OC)ccc4O3)C2)nn1. The van der Waals surface area contributed by atoms with Crippen LogP contribution in [0.1, 0.15) is 40.6 Å². The highest BCUT2D eigenvalue weighted by molar-refractivity contribution is 6.01. The van der Waals surface area contributed by atoms with Crippen molar-refractivity contribution in [3.63, 3.8) is 0 Å². The van der Waals surface area contributed by atoms with Gasteiger partial charge in [-0.05, 0) is 37.3 Å². The van der Waals surface area contributed by atoms with Crippen molar-refractivity contribution in [1.82, 2.24) is 10.2 Å². The lowest BCUT2D eigenvalue weighted by Crippen LogP contribution is -2.44. The van der Waals surface area contributed by atoms with Crippen molar-refractivity contribution in [2.45, 2.75) is 25.4 Å². The summed E-state index contributed by atoms with van der Waals surface area (Å²) in [7, 11) is 1.57. The molecular weight excluding hydrogens is 362 g/mol. The van der Waals surface area contributed by atoms with E-state index in [1.165, 1.54) is 0 Å². The van der Waals surface area contributed by atoms with Gasteiger partial charge in [-0.1, -0.05) is 0 Å². The van der Waals surface area contributed by atoms with Gasteiger partial charge in [-0.3, -0.25) is 4.79 Å². The molecule has 1 aromatic carbocycles. The van der Waals surface area contributed by atoms with E-state index in [9.17, 15) is 9.59 Å². The van der Waals surface area contributed by atoms with Crippen LogP contribution in [0.25, 0.3) is 0 Å². The van der Waals surface area contributed by atoms with Crippen LogP contribution in [0.15, 0.2) is 30.3 Å². The number of carbonyl (C=O) groups excluding carboxylic acids is 2. The predicted molar refractivity (Wildman–Crippen MR) is 100 cm³/mol. The molecule has 2 aromatic rings. The molecule has 0 radical (unpaired) electrons. The molecule has 146 valence electrons. The Morgan fingerprint density at radius 3 is 2.86 bits per heavy atom. The van der Waals surface area contributed by atoms with Gasteiger partial charge in [0, 0.05) is 13.0 Å². The zero-order valence-electron chi connectivity index (χ0n) is 15.8. The third-order valence-electron chi connectivity index (χ3n) is 5.07. The summed E-state index contributed by atoms with van der Waals surface area (Å²) >= 11 is 0. The minimum absolute atomic E-state index is 0.0470. The Balaban J connectivity index is 1.50. The maximum absolute atomic E-state index is 12.7. The molecule has 4 rings (SSSR count). The monoisotopic (exact) mass is 383 g/mol. The van der Waals surface area contributed by atoms with Gasteiger partial charge in [0.1, 0.15) is 17.1 Å². The van der Waals surface area contributed by atoms with Gasteiger partial charge in [-0.2, -0.15) is 0 Å². The number of methoxy groups -OCH3 is 1. The van der Waals surface area contributed by atoms with Gasteiger partial charge >= 0.3 is 5.97 Å². The number of aromatic nitrogens is 2. The molecule has 0 N–H and O–H groups in total. The molecule has 3 heterocycles. The normalized spacial score (nSPS) is 20.6. The fourth-order valence-electron chi connectivity index (χ4n) is 3.68. The van der Waals surface area contributed by atoms with Gasteiger partial charge in [-0.25, -0.2) is 4.79 Å². The van der Waals surface area contributed by atoms with E-state index < -0.39 is 11.6 Å². The Labute approximate surface area is 162 Å². The third-order valence-corrected chi connectivity index (χ3v) is 5.07. The molecule has 0 bridgehead atoms. The van der Waals surface area contributed by atoms with Gasteiger partial charge < -0.3 is 19.1 Å². The molecule has 1 aromatic heterocycles. The molecule has 0 aliphatic carbocycles. The molecule has 28 heavy (non-hydrogen) atoms. The number of fused-ring (bicyclic) bond motifs is 1. The standard InChI is InChI=1S/C20H21N3O5/c1-3-27-19(25)15-5-7-18(22-21-15)23-9-8-20(12-23)11-16(24)14-10-13(26-2)4-6-17(14)28-20/h4-7,10H,3,8-9,11-12H2,1-2H3. The number of benzene rings is 1. The number of anilines is 1. The van der Waals surface area contributed by atoms with Crippen molar-refractivity contribution in [2.75, 3.05) is 31.7 Å². The molecule has 0 saturated carbocycles. The number of ether oxygens (including phenoxy) is 3. The number of carbonyl (C=O) groups is 2. The first-order valence-electron chi connectivity index (χ1n) is 9.19. The van der Waals surface area contributed by atoms with Crippen molar-refractivity contribution >= 4 is 17.6 Å². The van der Waals surface area contributed by atoms with Crippen LogP contribution in [0.3, 0.4) is 0 Å². The van der Waals surface area contributed by atoms with Crippen LogP contribution < -0.4 is 14.4 Å². The molecular formula is C20H21N3O5. The summed E-state index contributed by atoms with van der Waals surface area (Å²) in [6.07, 6.45) is 1.00. The number of esters is 1. The second-order valence-electron chi connectivity index (χ2n) is 6.92. The lowest BCUT2D eigenvalue weighted by molar-refractivity contribution is 0.0512. The average molecular weight is 383 g/mol. The maximum Gasteiger partial charge on any atom is 0.358 e. The van der Waals surface area contributed by atoms with E-state index in [2.05, 4.69) is 10.2 Å². The minimum Gasteiger partial charge on any atom is -0.497 e. The maximum atomic E-state index is 12.7. The largest absolute Gasteiger partial charge is 0.497 e. The van der Waals surface area contributed by atoms with E-state index >= 15 is 0 Å². The van der Waals surface area contributed by atoms with E-state index in [4.69, 9.17) is 14.2 Å². The van der Waals surface area contributed by atoms with Crippen molar-refractivity contribution in [1.29, 1.82) is 0 Å². The second kappa shape index (κ2) is 7.10. The summed E-state index contributed by atoms with van der Waals surface area (Å²) in [4.78, 5) is 26.4. The van der Waals surface area contributed by atoms with E-state index in [1.807, 2.05) is 4.90 Å². The summed E-state index contributed by atoms with van der Waals surface area (Å²) in [5.41, 5.74) is 0.147. The minimum atomic E-state index is -0.583. The van der Waals surface area contributed by atoms with Gasteiger partial charge in [-0.15, -0.1) is 10.2 Å². The Hall–Kier alpha value is -3.16. The van der Waals surface area contributed by atoms with Gasteiger partial charge in [0.15, 0.2) is 17.3 Å². The fourth-order valence-corrected chi connectivity index (χ4v) is 3.68. The van der Waals surface area contributed by atoms with E-state index in [1.54, 1.807) is 44.4 Å². The number of nitrogens with zero attached hydrogens (tertiary/aromatic N) is 3. The summed E-state index contributed by atoms with van der Waals surface area (Å²) in [5.74, 6) is 1.42. The van der Waals surface area contributed by atoms with Crippen LogP contribution in [-0.4, -0.2) is 54.4 Å². The molecule has 2 aliphatic heterocycles. The highest BCUT2D eigenvalue weighted by Crippen LogP contribution is 2.40. The van der Waals surface area contributed by atoms with Crippen molar-refractivity contribution in [2.24, 2.45) is 0 Å². The van der Waals surface area contributed by atoms with Gasteiger partial charge in [0.25, 0.3) is 0 Å². The number of rotatable bonds is 4.